The van der Waals surface area contributed by atoms with Crippen LogP contribution in [0.5, 0.6) is 0 Å². The van der Waals surface area contributed by atoms with Crippen LogP contribution in [0.25, 0.3) is 0 Å². The third kappa shape index (κ3) is 9.11. The van der Waals surface area contributed by atoms with Crippen molar-refractivity contribution in [3.63, 3.8) is 0 Å². The lowest BCUT2D eigenvalue weighted by Gasteiger charge is -2.29. The lowest BCUT2D eigenvalue weighted by atomic mass is 9.83. The molecule has 12 nitrogen and oxygen atoms in total. The highest BCUT2D eigenvalue weighted by atomic mass is 32.2. The van der Waals surface area contributed by atoms with Crippen molar-refractivity contribution in [3.8, 4) is 0 Å². The number of aromatic nitrogens is 3. The number of nitrogens with zero attached hydrogens (tertiary/aromatic N) is 4. The number of hydrogen-bond donors (Lipinski definition) is 4. The van der Waals surface area contributed by atoms with E-state index >= 15 is 0 Å². The van der Waals surface area contributed by atoms with Crippen molar-refractivity contribution in [2.24, 2.45) is 0 Å². The van der Waals surface area contributed by atoms with Crippen molar-refractivity contribution in [1.82, 2.24) is 25.6 Å². The van der Waals surface area contributed by atoms with Crippen molar-refractivity contribution < 1.29 is 32.6 Å². The van der Waals surface area contributed by atoms with Crippen molar-refractivity contribution >= 4 is 27.5 Å². The maximum atomic E-state index is 13.9. The smallest absolute Gasteiger partial charge is 0.251 e. The van der Waals surface area contributed by atoms with Crippen molar-refractivity contribution in [3.05, 3.63) is 113 Å². The van der Waals surface area contributed by atoms with Crippen molar-refractivity contribution in [2.75, 3.05) is 17.6 Å². The lowest BCUT2D eigenvalue weighted by molar-refractivity contribution is -0.00478. The standard InChI is InChI=1S/C36H43FN6O6S/c1-24(26-12-14-29(37)15-13-26)38-34(45)27-19-28(21-30(20-27)42(2)50(3,48)49)35(46)39-31(18-25-10-6-4-7-11-25)32(44)22-43-23-33(40-41-43)36(47)16-8-5-9-17-36/h4,6-7,10-15,19-21,23-24,31-32,44,47H,5,8-9,16-18,22H2,1-3H3,(H,38,45)(H,39,46)/t24-,31+,32+/m1/s1. The van der Waals surface area contributed by atoms with Crippen LogP contribution < -0.4 is 14.9 Å². The topological polar surface area (TPSA) is 167 Å². The first kappa shape index (κ1) is 36.6. The van der Waals surface area contributed by atoms with Gasteiger partial charge in [0.15, 0.2) is 0 Å². The molecule has 1 heterocycles. The van der Waals surface area contributed by atoms with Crippen LogP contribution in [0, 0.1) is 5.82 Å². The lowest BCUT2D eigenvalue weighted by Crippen LogP contribution is -2.46. The van der Waals surface area contributed by atoms with Crippen LogP contribution in [0.15, 0.2) is 79.0 Å². The van der Waals surface area contributed by atoms with E-state index in [0.29, 0.717) is 24.1 Å². The molecule has 3 atom stereocenters. The number of amides is 2. The maximum absolute atomic E-state index is 13.9. The number of aliphatic hydroxyl groups is 2. The summed E-state index contributed by atoms with van der Waals surface area (Å²) >= 11 is 0. The van der Waals surface area contributed by atoms with Gasteiger partial charge in [0.2, 0.25) is 10.0 Å². The van der Waals surface area contributed by atoms with E-state index in [9.17, 15) is 32.6 Å². The SMILES string of the molecule is C[C@@H](NC(=O)c1cc(C(=O)N[C@@H](Cc2ccccc2)[C@@H](O)Cn2cc(C3(O)CCCCC3)nn2)cc(N(C)S(C)(=O)=O)c1)c1ccc(F)cc1. The van der Waals surface area contributed by atoms with Gasteiger partial charge in [0.1, 0.15) is 17.1 Å². The van der Waals surface area contributed by atoms with Gasteiger partial charge in [0.25, 0.3) is 11.8 Å². The van der Waals surface area contributed by atoms with E-state index in [1.54, 1.807) is 25.3 Å². The first-order chi connectivity index (χ1) is 23.7. The molecule has 0 spiro atoms. The molecule has 0 aliphatic heterocycles. The van der Waals surface area contributed by atoms with Crippen LogP contribution in [0.1, 0.15) is 82.6 Å². The Bertz CT molecular complexity index is 1900. The molecule has 4 aromatic rings. The van der Waals surface area contributed by atoms with Crippen molar-refractivity contribution in [1.29, 1.82) is 0 Å². The highest BCUT2D eigenvalue weighted by molar-refractivity contribution is 7.92. The number of halogens is 1. The van der Waals surface area contributed by atoms with E-state index in [-0.39, 0.29) is 29.8 Å². The highest BCUT2D eigenvalue weighted by Gasteiger charge is 2.34. The van der Waals surface area contributed by atoms with Gasteiger partial charge >= 0.3 is 0 Å². The van der Waals surface area contributed by atoms with E-state index in [1.807, 2.05) is 30.3 Å². The average Bonchev–Trinajstić information content (AvgIpc) is 3.57. The van der Waals surface area contributed by atoms with Crippen LogP contribution in [0.2, 0.25) is 0 Å². The zero-order chi connectivity index (χ0) is 36.1. The number of aliphatic hydroxyl groups excluding tert-OH is 1. The van der Waals surface area contributed by atoms with E-state index in [4.69, 9.17) is 0 Å². The summed E-state index contributed by atoms with van der Waals surface area (Å²) in [6.45, 7) is 1.68. The van der Waals surface area contributed by atoms with E-state index in [0.717, 1.165) is 35.4 Å². The predicted molar refractivity (Wildman–Crippen MR) is 186 cm³/mol. The van der Waals surface area contributed by atoms with Gasteiger partial charge in [0.05, 0.1) is 42.9 Å². The van der Waals surface area contributed by atoms with Crippen LogP contribution >= 0.6 is 0 Å². The maximum Gasteiger partial charge on any atom is 0.251 e. The summed E-state index contributed by atoms with van der Waals surface area (Å²) in [4.78, 5) is 27.4. The number of carbonyl (C=O) groups is 2. The normalized spacial score (nSPS) is 16.2. The second-order valence-corrected chi connectivity index (χ2v) is 15.0. The molecule has 50 heavy (non-hydrogen) atoms. The number of benzene rings is 3. The number of rotatable bonds is 13. The molecule has 2 amide bonds. The molecule has 0 radical (unpaired) electrons. The minimum Gasteiger partial charge on any atom is -0.389 e. The summed E-state index contributed by atoms with van der Waals surface area (Å²) in [6.07, 6.45) is 5.69. The van der Waals surface area contributed by atoms with Crippen LogP contribution in [0.3, 0.4) is 0 Å². The second kappa shape index (κ2) is 15.5. The molecule has 1 fully saturated rings. The van der Waals surface area contributed by atoms with Crippen molar-refractivity contribution in [2.45, 2.75) is 75.8 Å². The number of nitrogens with one attached hydrogen (secondary N) is 2. The zero-order valence-electron chi connectivity index (χ0n) is 28.3. The molecule has 5 rings (SSSR count). The zero-order valence-corrected chi connectivity index (χ0v) is 29.1. The average molecular weight is 707 g/mol. The van der Waals surface area contributed by atoms with Gasteiger partial charge in [-0.1, -0.05) is 66.9 Å². The van der Waals surface area contributed by atoms with Gasteiger partial charge in [-0.05, 0) is 67.6 Å². The van der Waals surface area contributed by atoms with Crippen LogP contribution in [-0.2, 0) is 28.6 Å². The number of carbonyl (C=O) groups excluding carboxylic acids is 2. The summed E-state index contributed by atoms with van der Waals surface area (Å²) in [5.41, 5.74) is 0.957. The van der Waals surface area contributed by atoms with E-state index in [1.165, 1.54) is 42.1 Å². The molecule has 4 N–H and O–H groups in total. The van der Waals surface area contributed by atoms with Crippen LogP contribution in [-0.4, -0.2) is 70.9 Å². The van der Waals surface area contributed by atoms with Gasteiger partial charge in [-0.25, -0.2) is 17.5 Å². The predicted octanol–water partition coefficient (Wildman–Crippen LogP) is 3.86. The van der Waals surface area contributed by atoms with E-state index < -0.39 is 51.4 Å². The molecule has 0 unspecified atom stereocenters. The Morgan fingerprint density at radius 1 is 0.980 bits per heavy atom. The largest absolute Gasteiger partial charge is 0.389 e. The van der Waals surface area contributed by atoms with Gasteiger partial charge in [-0.15, -0.1) is 5.10 Å². The minimum absolute atomic E-state index is 0.00888. The molecular weight excluding hydrogens is 663 g/mol. The van der Waals surface area contributed by atoms with Gasteiger partial charge < -0.3 is 20.8 Å². The first-order valence-electron chi connectivity index (χ1n) is 16.5. The van der Waals surface area contributed by atoms with Crippen LogP contribution in [0.4, 0.5) is 10.1 Å². The fourth-order valence-electron chi connectivity index (χ4n) is 6.08. The molecule has 1 saturated carbocycles. The monoisotopic (exact) mass is 706 g/mol. The quantitative estimate of drug-likeness (QED) is 0.163. The van der Waals surface area contributed by atoms with Gasteiger partial charge in [-0.2, -0.15) is 0 Å². The Morgan fingerprint density at radius 2 is 1.60 bits per heavy atom. The summed E-state index contributed by atoms with van der Waals surface area (Å²) in [5, 5.41) is 36.6. The minimum atomic E-state index is -3.77. The first-order valence-corrected chi connectivity index (χ1v) is 18.4. The molecule has 1 aliphatic rings. The molecular formula is C36H43FN6O6S. The molecule has 1 aliphatic carbocycles. The summed E-state index contributed by atoms with van der Waals surface area (Å²) in [5.74, 6) is -1.65. The molecule has 3 aromatic carbocycles. The molecule has 14 heteroatoms. The number of anilines is 1. The second-order valence-electron chi connectivity index (χ2n) is 13.0. The summed E-state index contributed by atoms with van der Waals surface area (Å²) < 4.78 is 40.8. The summed E-state index contributed by atoms with van der Waals surface area (Å²) in [7, 11) is -2.46. The molecule has 0 saturated heterocycles. The van der Waals surface area contributed by atoms with Gasteiger partial charge in [0, 0.05) is 18.2 Å². The third-order valence-electron chi connectivity index (χ3n) is 9.17. The molecule has 1 aromatic heterocycles. The Morgan fingerprint density at radius 3 is 2.22 bits per heavy atom. The Balaban J connectivity index is 1.41. The third-order valence-corrected chi connectivity index (χ3v) is 10.4. The Hall–Kier alpha value is -4.66. The fraction of sp³-hybridized carbons (Fsp3) is 0.389. The van der Waals surface area contributed by atoms with Gasteiger partial charge in [-0.3, -0.25) is 13.9 Å². The Kier molecular flexibility index (Phi) is 11.3. The Labute approximate surface area is 291 Å². The molecule has 266 valence electrons. The molecule has 0 bridgehead atoms. The fourth-order valence-corrected chi connectivity index (χ4v) is 6.57. The number of sulfonamides is 1. The van der Waals surface area contributed by atoms with E-state index in [2.05, 4.69) is 20.9 Å². The highest BCUT2D eigenvalue weighted by Crippen LogP contribution is 2.35. The summed E-state index contributed by atoms with van der Waals surface area (Å²) in [6, 6.07) is 17.6. The number of hydrogen-bond acceptors (Lipinski definition) is 8.